The summed E-state index contributed by atoms with van der Waals surface area (Å²) in [4.78, 5) is 50.9. The van der Waals surface area contributed by atoms with Gasteiger partial charge < -0.3 is 15.3 Å². The van der Waals surface area contributed by atoms with Crippen LogP contribution in [0.25, 0.3) is 0 Å². The van der Waals surface area contributed by atoms with Gasteiger partial charge in [-0.25, -0.2) is 9.69 Å². The minimum atomic E-state index is -1.10. The number of hydrogen-bond acceptors (Lipinski definition) is 4. The highest BCUT2D eigenvalue weighted by Crippen LogP contribution is 2.34. The molecule has 2 heterocycles. The summed E-state index contributed by atoms with van der Waals surface area (Å²) in [6.07, 6.45) is 6.49. The Hall–Kier alpha value is -2.12. The highest BCUT2D eigenvalue weighted by atomic mass is 16.4. The van der Waals surface area contributed by atoms with Crippen LogP contribution in [0.5, 0.6) is 0 Å². The number of rotatable bonds is 3. The average molecular weight is 337 g/mol. The monoisotopic (exact) mass is 337 g/mol. The molecule has 1 atom stereocenters. The molecular weight excluding hydrogens is 314 g/mol. The number of carbonyl (C=O) groups excluding carboxylic acids is 3. The van der Waals surface area contributed by atoms with Crippen molar-refractivity contribution in [2.75, 3.05) is 13.1 Å². The van der Waals surface area contributed by atoms with Crippen molar-refractivity contribution < 1.29 is 24.3 Å². The molecule has 4 amide bonds. The summed E-state index contributed by atoms with van der Waals surface area (Å²) in [5, 5.41) is 11.7. The lowest BCUT2D eigenvalue weighted by Gasteiger charge is -2.29. The van der Waals surface area contributed by atoms with E-state index in [9.17, 15) is 19.2 Å². The molecule has 8 nitrogen and oxygen atoms in total. The molecule has 3 rings (SSSR count). The number of hydrogen-bond donors (Lipinski definition) is 2. The molecule has 1 unspecified atom stereocenters. The number of carboxylic acid groups (broad SMARTS) is 1. The van der Waals surface area contributed by atoms with Crippen LogP contribution in [0.2, 0.25) is 0 Å². The van der Waals surface area contributed by atoms with Gasteiger partial charge in [-0.3, -0.25) is 14.4 Å². The quantitative estimate of drug-likeness (QED) is 0.738. The van der Waals surface area contributed by atoms with E-state index < -0.39 is 36.0 Å². The first-order valence-electron chi connectivity index (χ1n) is 8.61. The lowest BCUT2D eigenvalue weighted by Crippen LogP contribution is -2.49. The van der Waals surface area contributed by atoms with Crippen molar-refractivity contribution in [1.82, 2.24) is 15.1 Å². The normalized spacial score (nSPS) is 27.3. The van der Waals surface area contributed by atoms with Crippen molar-refractivity contribution in [2.24, 2.45) is 0 Å². The van der Waals surface area contributed by atoms with E-state index in [1.54, 1.807) is 0 Å². The highest BCUT2D eigenvalue weighted by Gasteiger charge is 2.55. The Morgan fingerprint density at radius 1 is 1.12 bits per heavy atom. The minimum absolute atomic E-state index is 0.250. The molecule has 2 aliphatic heterocycles. The van der Waals surface area contributed by atoms with Gasteiger partial charge in [0.2, 0.25) is 5.91 Å². The number of urea groups is 1. The lowest BCUT2D eigenvalue weighted by molar-refractivity contribution is -0.145. The molecule has 0 aromatic carbocycles. The van der Waals surface area contributed by atoms with E-state index in [1.165, 1.54) is 4.90 Å². The van der Waals surface area contributed by atoms with Gasteiger partial charge >= 0.3 is 12.0 Å². The Kier molecular flexibility index (Phi) is 4.47. The summed E-state index contributed by atoms with van der Waals surface area (Å²) in [6, 6.07) is -1.39. The second-order valence-corrected chi connectivity index (χ2v) is 6.91. The van der Waals surface area contributed by atoms with Crippen LogP contribution in [0.15, 0.2) is 0 Å². The maximum atomic E-state index is 13.0. The third kappa shape index (κ3) is 2.85. The number of nitrogens with one attached hydrogen (secondary N) is 1. The first-order valence-corrected chi connectivity index (χ1v) is 8.61. The molecule has 1 aliphatic carbocycles. The SMILES string of the molecule is O=C(O)CN1CCC(N2C(=O)NC3(CCCCCCC3)C2=O)C1=O. The van der Waals surface area contributed by atoms with Crippen LogP contribution in [-0.4, -0.2) is 63.4 Å². The Labute approximate surface area is 140 Å². The summed E-state index contributed by atoms with van der Waals surface area (Å²) in [5.74, 6) is -1.87. The first-order chi connectivity index (χ1) is 11.4. The Morgan fingerprint density at radius 3 is 2.38 bits per heavy atom. The van der Waals surface area contributed by atoms with E-state index in [2.05, 4.69) is 5.32 Å². The summed E-state index contributed by atoms with van der Waals surface area (Å²) < 4.78 is 0. The minimum Gasteiger partial charge on any atom is -0.480 e. The molecule has 3 fully saturated rings. The van der Waals surface area contributed by atoms with Gasteiger partial charge in [0.15, 0.2) is 0 Å². The Balaban J connectivity index is 1.77. The zero-order valence-corrected chi connectivity index (χ0v) is 13.6. The summed E-state index contributed by atoms with van der Waals surface area (Å²) in [6.45, 7) is -0.149. The van der Waals surface area contributed by atoms with Crippen LogP contribution < -0.4 is 5.32 Å². The van der Waals surface area contributed by atoms with E-state index in [-0.39, 0.29) is 12.5 Å². The number of likely N-dealkylation sites (tertiary alicyclic amines) is 1. The van der Waals surface area contributed by atoms with Crippen molar-refractivity contribution in [2.45, 2.75) is 62.9 Å². The van der Waals surface area contributed by atoms with E-state index in [1.807, 2.05) is 0 Å². The molecule has 2 N–H and O–H groups in total. The van der Waals surface area contributed by atoms with E-state index in [4.69, 9.17) is 5.11 Å². The van der Waals surface area contributed by atoms with E-state index >= 15 is 0 Å². The summed E-state index contributed by atoms with van der Waals surface area (Å²) in [5.41, 5.74) is -0.877. The average Bonchev–Trinajstić information content (AvgIpc) is 2.94. The fourth-order valence-electron chi connectivity index (χ4n) is 4.05. The number of imide groups is 1. The number of carboxylic acids is 1. The predicted molar refractivity (Wildman–Crippen MR) is 83.0 cm³/mol. The number of aliphatic carboxylic acids is 1. The largest absolute Gasteiger partial charge is 0.480 e. The summed E-state index contributed by atoms with van der Waals surface area (Å²) >= 11 is 0. The molecule has 1 spiro atoms. The maximum absolute atomic E-state index is 13.0. The molecule has 0 aromatic rings. The van der Waals surface area contributed by atoms with E-state index in [0.29, 0.717) is 19.3 Å². The van der Waals surface area contributed by atoms with Crippen LogP contribution in [0.3, 0.4) is 0 Å². The first kappa shape index (κ1) is 16.7. The Morgan fingerprint density at radius 2 is 1.75 bits per heavy atom. The molecule has 0 aromatic heterocycles. The van der Waals surface area contributed by atoms with Crippen molar-refractivity contribution in [3.8, 4) is 0 Å². The van der Waals surface area contributed by atoms with Crippen molar-refractivity contribution in [1.29, 1.82) is 0 Å². The molecule has 8 heteroatoms. The molecule has 1 saturated carbocycles. The fraction of sp³-hybridized carbons (Fsp3) is 0.750. The van der Waals surface area contributed by atoms with Gasteiger partial charge in [0.1, 0.15) is 18.1 Å². The van der Waals surface area contributed by atoms with Crippen LogP contribution in [-0.2, 0) is 14.4 Å². The molecule has 0 radical (unpaired) electrons. The highest BCUT2D eigenvalue weighted by molar-refractivity contribution is 6.10. The lowest BCUT2D eigenvalue weighted by atomic mass is 9.84. The topological polar surface area (TPSA) is 107 Å². The van der Waals surface area contributed by atoms with Crippen LogP contribution in [0.1, 0.15) is 51.4 Å². The molecule has 132 valence electrons. The smallest absolute Gasteiger partial charge is 0.325 e. The van der Waals surface area contributed by atoms with Crippen LogP contribution in [0, 0.1) is 0 Å². The molecular formula is C16H23N3O5. The van der Waals surface area contributed by atoms with Crippen molar-refractivity contribution in [3.05, 3.63) is 0 Å². The third-order valence-corrected chi connectivity index (χ3v) is 5.31. The number of carbonyl (C=O) groups is 4. The van der Waals surface area contributed by atoms with Gasteiger partial charge in [-0.15, -0.1) is 0 Å². The van der Waals surface area contributed by atoms with E-state index in [0.717, 1.165) is 37.0 Å². The van der Waals surface area contributed by atoms with Crippen LogP contribution in [0.4, 0.5) is 4.79 Å². The second kappa shape index (κ2) is 6.41. The van der Waals surface area contributed by atoms with Crippen molar-refractivity contribution in [3.63, 3.8) is 0 Å². The van der Waals surface area contributed by atoms with Crippen molar-refractivity contribution >= 4 is 23.8 Å². The second-order valence-electron chi connectivity index (χ2n) is 6.91. The third-order valence-electron chi connectivity index (χ3n) is 5.31. The van der Waals surface area contributed by atoms with Gasteiger partial charge in [0.05, 0.1) is 0 Å². The molecule has 0 bridgehead atoms. The summed E-state index contributed by atoms with van der Waals surface area (Å²) in [7, 11) is 0. The van der Waals surface area contributed by atoms with Gasteiger partial charge in [0, 0.05) is 6.54 Å². The molecule has 24 heavy (non-hydrogen) atoms. The molecule has 2 saturated heterocycles. The number of nitrogens with zero attached hydrogens (tertiary/aromatic N) is 2. The number of amides is 4. The zero-order valence-electron chi connectivity index (χ0n) is 13.6. The van der Waals surface area contributed by atoms with Gasteiger partial charge in [-0.2, -0.15) is 0 Å². The van der Waals surface area contributed by atoms with Crippen LogP contribution >= 0.6 is 0 Å². The fourth-order valence-corrected chi connectivity index (χ4v) is 4.05. The Bertz CT molecular complexity index is 568. The standard InChI is InChI=1S/C16H23N3O5/c20-12(21)10-18-9-6-11(13(18)22)19-14(23)16(17-15(19)24)7-4-2-1-3-5-8-16/h11H,1-10H2,(H,17,24)(H,20,21). The van der Waals surface area contributed by atoms with Gasteiger partial charge in [-0.05, 0) is 19.3 Å². The molecule has 3 aliphatic rings. The zero-order chi connectivity index (χ0) is 17.3. The predicted octanol–water partition coefficient (Wildman–Crippen LogP) is 0.707. The maximum Gasteiger partial charge on any atom is 0.325 e. The van der Waals surface area contributed by atoms with Gasteiger partial charge in [-0.1, -0.05) is 32.1 Å². The van der Waals surface area contributed by atoms with Gasteiger partial charge in [0.25, 0.3) is 5.91 Å².